The van der Waals surface area contributed by atoms with Crippen LogP contribution in [0.25, 0.3) is 0 Å². The van der Waals surface area contributed by atoms with Gasteiger partial charge < -0.3 is 10.2 Å². The lowest BCUT2D eigenvalue weighted by Crippen LogP contribution is -2.50. The predicted octanol–water partition coefficient (Wildman–Crippen LogP) is 2.51. The van der Waals surface area contributed by atoms with Gasteiger partial charge in [-0.1, -0.05) is 6.07 Å². The summed E-state index contributed by atoms with van der Waals surface area (Å²) in [7, 11) is 0. The van der Waals surface area contributed by atoms with Gasteiger partial charge in [0.25, 0.3) is 0 Å². The maximum atomic E-state index is 14.0. The predicted molar refractivity (Wildman–Crippen MR) is 88.1 cm³/mol. The van der Waals surface area contributed by atoms with E-state index in [9.17, 15) is 14.0 Å². The molecule has 0 radical (unpaired) electrons. The first-order valence-electron chi connectivity index (χ1n) is 7.82. The van der Waals surface area contributed by atoms with Crippen LogP contribution in [0.15, 0.2) is 12.1 Å². The lowest BCUT2D eigenvalue weighted by atomic mass is 9.97. The van der Waals surface area contributed by atoms with E-state index in [2.05, 4.69) is 10.6 Å². The molecule has 2 rings (SSSR count). The minimum atomic E-state index is -0.518. The van der Waals surface area contributed by atoms with Crippen molar-refractivity contribution in [2.75, 3.05) is 18.0 Å². The number of nitrogens with zero attached hydrogens (tertiary/aromatic N) is 1. The Kier molecular flexibility index (Phi) is 4.92. The van der Waals surface area contributed by atoms with E-state index in [4.69, 9.17) is 0 Å². The number of urea groups is 1. The second-order valence-electron chi connectivity index (χ2n) is 6.97. The molecule has 0 saturated carbocycles. The third-order valence-corrected chi connectivity index (χ3v) is 3.67. The zero-order valence-electron chi connectivity index (χ0n) is 14.1. The van der Waals surface area contributed by atoms with E-state index in [1.54, 1.807) is 6.07 Å². The van der Waals surface area contributed by atoms with Crippen molar-refractivity contribution in [3.05, 3.63) is 29.1 Å². The van der Waals surface area contributed by atoms with Crippen LogP contribution in [0.2, 0.25) is 0 Å². The Morgan fingerprint density at radius 2 is 2.00 bits per heavy atom. The fourth-order valence-corrected chi connectivity index (χ4v) is 2.83. The van der Waals surface area contributed by atoms with Gasteiger partial charge in [0.1, 0.15) is 5.82 Å². The molecule has 1 aromatic carbocycles. The van der Waals surface area contributed by atoms with E-state index in [1.165, 1.54) is 6.07 Å². The minimum absolute atomic E-state index is 0.0366. The third kappa shape index (κ3) is 4.43. The van der Waals surface area contributed by atoms with Gasteiger partial charge in [-0.15, -0.1) is 0 Å². The highest BCUT2D eigenvalue weighted by Crippen LogP contribution is 2.32. The number of benzene rings is 1. The van der Waals surface area contributed by atoms with Crippen molar-refractivity contribution in [3.63, 3.8) is 0 Å². The van der Waals surface area contributed by atoms with Gasteiger partial charge in [-0.2, -0.15) is 0 Å². The van der Waals surface area contributed by atoms with E-state index in [-0.39, 0.29) is 12.4 Å². The molecule has 0 atom stereocenters. The van der Waals surface area contributed by atoms with E-state index >= 15 is 0 Å². The summed E-state index contributed by atoms with van der Waals surface area (Å²) >= 11 is 0. The molecule has 0 aliphatic carbocycles. The van der Waals surface area contributed by atoms with Crippen molar-refractivity contribution in [1.29, 1.82) is 0 Å². The second-order valence-corrected chi connectivity index (χ2v) is 6.97. The van der Waals surface area contributed by atoms with Crippen molar-refractivity contribution in [2.45, 2.75) is 46.1 Å². The molecule has 3 amide bonds. The van der Waals surface area contributed by atoms with Crippen LogP contribution in [0.1, 0.15) is 38.3 Å². The number of aryl methyl sites for hydroxylation is 1. The molecule has 2 N–H and O–H groups in total. The van der Waals surface area contributed by atoms with Crippen molar-refractivity contribution in [3.8, 4) is 0 Å². The molecule has 0 bridgehead atoms. The normalized spacial score (nSPS) is 14.2. The summed E-state index contributed by atoms with van der Waals surface area (Å²) in [5.74, 6) is -0.635. The van der Waals surface area contributed by atoms with Crippen LogP contribution in [0.3, 0.4) is 0 Å². The number of anilines is 1. The minimum Gasteiger partial charge on any atom is -0.362 e. The van der Waals surface area contributed by atoms with Crippen LogP contribution in [-0.2, 0) is 11.2 Å². The maximum absolute atomic E-state index is 14.0. The molecule has 0 unspecified atom stereocenters. The van der Waals surface area contributed by atoms with Gasteiger partial charge in [0, 0.05) is 23.3 Å². The van der Waals surface area contributed by atoms with Crippen molar-refractivity contribution in [1.82, 2.24) is 10.6 Å². The average molecular weight is 321 g/mol. The van der Waals surface area contributed by atoms with Crippen LogP contribution in [-0.4, -0.2) is 30.6 Å². The van der Waals surface area contributed by atoms with E-state index in [0.29, 0.717) is 18.5 Å². The molecule has 0 fully saturated rings. The SMILES string of the molecule is Cc1ccc(F)c2c1N(CC(=O)NC(=O)NC(C)(C)C)CCC2. The molecule has 6 heteroatoms. The summed E-state index contributed by atoms with van der Waals surface area (Å²) in [4.78, 5) is 25.7. The van der Waals surface area contributed by atoms with Gasteiger partial charge in [0.15, 0.2) is 0 Å². The third-order valence-electron chi connectivity index (χ3n) is 3.67. The molecular weight excluding hydrogens is 297 g/mol. The van der Waals surface area contributed by atoms with Gasteiger partial charge in [0.2, 0.25) is 5.91 Å². The highest BCUT2D eigenvalue weighted by atomic mass is 19.1. The zero-order valence-corrected chi connectivity index (χ0v) is 14.1. The first-order chi connectivity index (χ1) is 10.7. The standard InChI is InChI=1S/C17H24FN3O2/c1-11-7-8-13(18)12-6-5-9-21(15(11)12)10-14(22)19-16(23)20-17(2,3)4/h7-8H,5-6,9-10H2,1-4H3,(H2,19,20,22,23). The van der Waals surface area contributed by atoms with Crippen LogP contribution >= 0.6 is 0 Å². The smallest absolute Gasteiger partial charge is 0.321 e. The fraction of sp³-hybridized carbons (Fsp3) is 0.529. The average Bonchev–Trinajstić information content (AvgIpc) is 2.40. The zero-order chi connectivity index (χ0) is 17.2. The first kappa shape index (κ1) is 17.2. The Hall–Kier alpha value is -2.11. The number of imide groups is 1. The monoisotopic (exact) mass is 321 g/mol. The topological polar surface area (TPSA) is 61.4 Å². The molecule has 0 saturated heterocycles. The molecule has 5 nitrogen and oxygen atoms in total. The largest absolute Gasteiger partial charge is 0.362 e. The highest BCUT2D eigenvalue weighted by molar-refractivity contribution is 5.96. The number of carbonyl (C=O) groups is 2. The van der Waals surface area contributed by atoms with Crippen LogP contribution < -0.4 is 15.5 Å². The second kappa shape index (κ2) is 6.56. The van der Waals surface area contributed by atoms with Gasteiger partial charge in [-0.3, -0.25) is 10.1 Å². The van der Waals surface area contributed by atoms with Gasteiger partial charge in [-0.05, 0) is 52.2 Å². The Bertz CT molecular complexity index is 623. The summed E-state index contributed by atoms with van der Waals surface area (Å²) in [6, 6.07) is 2.67. The van der Waals surface area contributed by atoms with Crippen LogP contribution in [0.5, 0.6) is 0 Å². The molecule has 1 aliphatic rings. The molecule has 126 valence electrons. The van der Waals surface area contributed by atoms with Gasteiger partial charge >= 0.3 is 6.03 Å². The number of hydrogen-bond donors (Lipinski definition) is 2. The molecule has 0 spiro atoms. The van der Waals surface area contributed by atoms with Gasteiger partial charge in [0.05, 0.1) is 6.54 Å². The Morgan fingerprint density at radius 1 is 1.30 bits per heavy atom. The highest BCUT2D eigenvalue weighted by Gasteiger charge is 2.24. The molecular formula is C17H24FN3O2. The lowest BCUT2D eigenvalue weighted by Gasteiger charge is -2.32. The van der Waals surface area contributed by atoms with Crippen molar-refractivity contribution >= 4 is 17.6 Å². The number of carbonyl (C=O) groups excluding carboxylic acids is 2. The number of hydrogen-bond acceptors (Lipinski definition) is 3. The molecule has 1 aromatic rings. The molecule has 0 aromatic heterocycles. The van der Waals surface area contributed by atoms with E-state index < -0.39 is 17.5 Å². The van der Waals surface area contributed by atoms with Gasteiger partial charge in [-0.25, -0.2) is 9.18 Å². The number of halogens is 1. The molecule has 1 aliphatic heterocycles. The summed E-state index contributed by atoms with van der Waals surface area (Å²) in [6.07, 6.45) is 1.46. The summed E-state index contributed by atoms with van der Waals surface area (Å²) in [5.41, 5.74) is 1.96. The summed E-state index contributed by atoms with van der Waals surface area (Å²) in [6.45, 7) is 8.12. The van der Waals surface area contributed by atoms with E-state index in [1.807, 2.05) is 32.6 Å². The fourth-order valence-electron chi connectivity index (χ4n) is 2.83. The van der Waals surface area contributed by atoms with Crippen LogP contribution in [0.4, 0.5) is 14.9 Å². The number of nitrogens with one attached hydrogen (secondary N) is 2. The molecule has 1 heterocycles. The van der Waals surface area contributed by atoms with E-state index in [0.717, 1.165) is 17.7 Å². The Labute approximate surface area is 136 Å². The summed E-state index contributed by atoms with van der Waals surface area (Å²) < 4.78 is 14.0. The first-order valence-corrected chi connectivity index (χ1v) is 7.82. The maximum Gasteiger partial charge on any atom is 0.321 e. The van der Waals surface area contributed by atoms with Crippen LogP contribution in [0, 0.1) is 12.7 Å². The Balaban J connectivity index is 2.07. The lowest BCUT2D eigenvalue weighted by molar-refractivity contribution is -0.118. The number of rotatable bonds is 2. The van der Waals surface area contributed by atoms with Crippen molar-refractivity contribution < 1.29 is 14.0 Å². The number of fused-ring (bicyclic) bond motifs is 1. The van der Waals surface area contributed by atoms with Crippen molar-refractivity contribution in [2.24, 2.45) is 0 Å². The summed E-state index contributed by atoms with van der Waals surface area (Å²) in [5, 5.41) is 5.00. The quantitative estimate of drug-likeness (QED) is 0.880. The number of amides is 3. The molecule has 23 heavy (non-hydrogen) atoms. The Morgan fingerprint density at radius 3 is 2.65 bits per heavy atom.